The molecule has 0 bridgehead atoms. The van der Waals surface area contributed by atoms with Crippen molar-refractivity contribution in [3.8, 4) is 0 Å². The van der Waals surface area contributed by atoms with Crippen molar-refractivity contribution in [2.45, 2.75) is 40.5 Å². The molecule has 0 saturated carbocycles. The summed E-state index contributed by atoms with van der Waals surface area (Å²) in [5.74, 6) is -1.21. The van der Waals surface area contributed by atoms with Crippen LogP contribution in [0.5, 0.6) is 0 Å². The number of aryl methyl sites for hydroxylation is 2. The van der Waals surface area contributed by atoms with Gasteiger partial charge in [0, 0.05) is 24.9 Å². The van der Waals surface area contributed by atoms with Crippen LogP contribution in [0.1, 0.15) is 48.2 Å². The molecule has 0 atom stereocenters. The molecule has 210 valence electrons. The average Bonchev–Trinajstić information content (AvgIpc) is 2.85. The van der Waals surface area contributed by atoms with Gasteiger partial charge in [-0.2, -0.15) is 0 Å². The number of carboxylic acids is 1. The van der Waals surface area contributed by atoms with Crippen molar-refractivity contribution in [1.82, 2.24) is 25.5 Å². The molecule has 2 aromatic rings. The summed E-state index contributed by atoms with van der Waals surface area (Å²) in [7, 11) is 5.49. The number of carbonyl (C=O) groups excluding carboxylic acids is 2. The molecule has 1 aromatic carbocycles. The maximum absolute atomic E-state index is 11.8. The van der Waals surface area contributed by atoms with Gasteiger partial charge in [-0.15, -0.1) is 0 Å². The Labute approximate surface area is 225 Å². The van der Waals surface area contributed by atoms with Gasteiger partial charge in [0.15, 0.2) is 11.5 Å². The van der Waals surface area contributed by atoms with E-state index >= 15 is 0 Å². The van der Waals surface area contributed by atoms with Crippen LogP contribution in [-0.4, -0.2) is 78.5 Å². The second-order valence-electron chi connectivity index (χ2n) is 8.13. The number of nitrogens with one attached hydrogen (secondary N) is 3. The molecule has 0 unspecified atom stereocenters. The lowest BCUT2D eigenvalue weighted by Crippen LogP contribution is -2.33. The number of hydrogen-bond donors (Lipinski definition) is 5. The summed E-state index contributed by atoms with van der Waals surface area (Å²) in [6, 6.07) is 7.69. The summed E-state index contributed by atoms with van der Waals surface area (Å²) < 4.78 is 0. The molecule has 0 saturated heterocycles. The summed E-state index contributed by atoms with van der Waals surface area (Å²) >= 11 is 0. The fraction of sp³-hybridized carbons (Fsp3) is 0.444. The number of carboxylic acid groups (broad SMARTS) is 1. The van der Waals surface area contributed by atoms with Crippen LogP contribution in [0.3, 0.4) is 0 Å². The van der Waals surface area contributed by atoms with E-state index in [9.17, 15) is 14.4 Å². The highest BCUT2D eigenvalue weighted by atomic mass is 16.4. The third kappa shape index (κ3) is 14.0. The smallest absolute Gasteiger partial charge is 0.328 e. The number of hydrogen-bond acceptors (Lipinski definition) is 8. The van der Waals surface area contributed by atoms with Crippen LogP contribution in [-0.2, 0) is 22.4 Å². The SMILES string of the molecule is CC.CCc1nc(C(N)=O)c(Nc2cccc(CCNC(=O)CNC)c2)nc1C.CN(C)C/C=C/C(=O)O. The predicted octanol–water partition coefficient (Wildman–Crippen LogP) is 2.28. The largest absolute Gasteiger partial charge is 0.478 e. The lowest BCUT2D eigenvalue weighted by Gasteiger charge is -2.13. The van der Waals surface area contributed by atoms with Crippen LogP contribution in [0.2, 0.25) is 0 Å². The number of aliphatic carboxylic acids is 1. The molecular formula is C27H43N7O4. The molecule has 0 spiro atoms. The molecule has 0 aliphatic carbocycles. The van der Waals surface area contributed by atoms with Crippen molar-refractivity contribution in [3.63, 3.8) is 0 Å². The number of primary amides is 1. The zero-order valence-corrected chi connectivity index (χ0v) is 23.6. The van der Waals surface area contributed by atoms with Gasteiger partial charge in [0.25, 0.3) is 5.91 Å². The molecule has 2 amide bonds. The summed E-state index contributed by atoms with van der Waals surface area (Å²) in [4.78, 5) is 43.8. The van der Waals surface area contributed by atoms with E-state index in [2.05, 4.69) is 25.9 Å². The quantitative estimate of drug-likeness (QED) is 0.260. The van der Waals surface area contributed by atoms with Crippen LogP contribution in [0.4, 0.5) is 11.5 Å². The number of anilines is 2. The highest BCUT2D eigenvalue weighted by molar-refractivity contribution is 5.96. The second-order valence-corrected chi connectivity index (χ2v) is 8.13. The molecule has 11 heteroatoms. The third-order valence-electron chi connectivity index (χ3n) is 4.73. The zero-order chi connectivity index (χ0) is 29.1. The predicted molar refractivity (Wildman–Crippen MR) is 152 cm³/mol. The Morgan fingerprint density at radius 1 is 1.16 bits per heavy atom. The first kappa shape index (κ1) is 34.2. The summed E-state index contributed by atoms with van der Waals surface area (Å²) in [6.07, 6.45) is 4.10. The number of rotatable bonds is 12. The Morgan fingerprint density at radius 2 is 1.84 bits per heavy atom. The maximum atomic E-state index is 11.8. The van der Waals surface area contributed by atoms with Gasteiger partial charge >= 0.3 is 5.97 Å². The normalized spacial score (nSPS) is 10.2. The van der Waals surface area contributed by atoms with Gasteiger partial charge in [-0.1, -0.05) is 39.0 Å². The summed E-state index contributed by atoms with van der Waals surface area (Å²) in [5.41, 5.74) is 8.91. The number of nitrogens with zero attached hydrogens (tertiary/aromatic N) is 3. The lowest BCUT2D eigenvalue weighted by atomic mass is 10.1. The highest BCUT2D eigenvalue weighted by Crippen LogP contribution is 2.20. The van der Waals surface area contributed by atoms with Crippen LogP contribution in [0.15, 0.2) is 36.4 Å². The highest BCUT2D eigenvalue weighted by Gasteiger charge is 2.15. The zero-order valence-electron chi connectivity index (χ0n) is 23.6. The van der Waals surface area contributed by atoms with Crippen molar-refractivity contribution in [2.75, 3.05) is 46.1 Å². The van der Waals surface area contributed by atoms with Crippen molar-refractivity contribution < 1.29 is 19.5 Å². The number of carbonyl (C=O) groups is 3. The van der Waals surface area contributed by atoms with Gasteiger partial charge < -0.3 is 31.7 Å². The Kier molecular flexibility index (Phi) is 17.4. The average molecular weight is 530 g/mol. The van der Waals surface area contributed by atoms with E-state index < -0.39 is 11.9 Å². The van der Waals surface area contributed by atoms with E-state index in [-0.39, 0.29) is 11.6 Å². The molecule has 0 aliphatic rings. The Balaban J connectivity index is 0.00000105. The van der Waals surface area contributed by atoms with Crippen LogP contribution in [0, 0.1) is 6.92 Å². The Hall–Kier alpha value is -3.83. The molecule has 11 nitrogen and oxygen atoms in total. The van der Waals surface area contributed by atoms with Gasteiger partial charge in [0.2, 0.25) is 5.91 Å². The molecule has 6 N–H and O–H groups in total. The lowest BCUT2D eigenvalue weighted by molar-refractivity contribution is -0.131. The number of amides is 2. The van der Waals surface area contributed by atoms with Gasteiger partial charge in [-0.25, -0.2) is 14.8 Å². The Bertz CT molecular complexity index is 1060. The van der Waals surface area contributed by atoms with E-state index in [1.165, 1.54) is 0 Å². The fourth-order valence-electron chi connectivity index (χ4n) is 3.02. The number of nitrogens with two attached hydrogens (primary N) is 1. The van der Waals surface area contributed by atoms with Crippen molar-refractivity contribution in [3.05, 3.63) is 59.1 Å². The van der Waals surface area contributed by atoms with Crippen molar-refractivity contribution in [2.24, 2.45) is 5.73 Å². The van der Waals surface area contributed by atoms with Crippen LogP contribution in [0.25, 0.3) is 0 Å². The minimum Gasteiger partial charge on any atom is -0.478 e. The maximum Gasteiger partial charge on any atom is 0.328 e. The molecule has 1 aromatic heterocycles. The minimum atomic E-state index is -0.892. The van der Waals surface area contributed by atoms with Gasteiger partial charge in [-0.05, 0) is 58.6 Å². The molecular weight excluding hydrogens is 486 g/mol. The standard InChI is InChI=1S/C19H26N6O2.C6H11NO2.C2H6/c1-4-15-12(2)23-19(17(25-15)18(20)27)24-14-7-5-6-13(10-14)8-9-22-16(26)11-21-3;1-7(2)5-3-4-6(8)9;1-2/h5-7,10,21H,4,8-9,11H2,1-3H3,(H2,20,27)(H,22,26)(H,23,24);3-4H,5H2,1-2H3,(H,8,9);1-2H3/b;4-3+;. The summed E-state index contributed by atoms with van der Waals surface area (Å²) in [5, 5.41) is 16.9. The van der Waals surface area contributed by atoms with Gasteiger partial charge in [0.05, 0.1) is 17.9 Å². The topological polar surface area (TPSA) is 163 Å². The third-order valence-corrected chi connectivity index (χ3v) is 4.73. The first-order valence-corrected chi connectivity index (χ1v) is 12.6. The second kappa shape index (κ2) is 19.3. The Morgan fingerprint density at radius 3 is 2.39 bits per heavy atom. The number of aromatic nitrogens is 2. The van der Waals surface area contributed by atoms with E-state index in [4.69, 9.17) is 10.8 Å². The summed E-state index contributed by atoms with van der Waals surface area (Å²) in [6.45, 7) is 9.32. The van der Waals surface area contributed by atoms with E-state index in [0.29, 0.717) is 38.3 Å². The van der Waals surface area contributed by atoms with Crippen molar-refractivity contribution >= 4 is 29.3 Å². The van der Waals surface area contributed by atoms with E-state index in [1.54, 1.807) is 13.1 Å². The van der Waals surface area contributed by atoms with E-state index in [1.807, 2.05) is 71.0 Å². The van der Waals surface area contributed by atoms with Gasteiger partial charge in [0.1, 0.15) is 0 Å². The molecule has 38 heavy (non-hydrogen) atoms. The van der Waals surface area contributed by atoms with E-state index in [0.717, 1.165) is 28.7 Å². The molecule has 1 heterocycles. The monoisotopic (exact) mass is 529 g/mol. The van der Waals surface area contributed by atoms with Crippen LogP contribution < -0.4 is 21.7 Å². The number of likely N-dealkylation sites (N-methyl/N-ethyl adjacent to an activating group) is 2. The van der Waals surface area contributed by atoms with Gasteiger partial charge in [-0.3, -0.25) is 9.59 Å². The van der Waals surface area contributed by atoms with Crippen molar-refractivity contribution in [1.29, 1.82) is 0 Å². The minimum absolute atomic E-state index is 0.0420. The molecule has 0 radical (unpaired) electrons. The first-order valence-electron chi connectivity index (χ1n) is 12.6. The number of benzene rings is 1. The molecule has 2 rings (SSSR count). The fourth-order valence-corrected chi connectivity index (χ4v) is 3.02. The first-order chi connectivity index (χ1) is 18.1. The molecule has 0 aliphatic heterocycles. The van der Waals surface area contributed by atoms with Crippen LogP contribution >= 0.6 is 0 Å². The molecule has 0 fully saturated rings.